The highest BCUT2D eigenvalue weighted by molar-refractivity contribution is 7.12. The Labute approximate surface area is 141 Å². The Morgan fingerprint density at radius 3 is 2.96 bits per heavy atom. The second kappa shape index (κ2) is 7.70. The maximum Gasteiger partial charge on any atom is 0.224 e. The third kappa shape index (κ3) is 4.18. The molecule has 1 aliphatic heterocycles. The number of hydrogen-bond donors (Lipinski definition) is 2. The van der Waals surface area contributed by atoms with Crippen molar-refractivity contribution in [1.29, 1.82) is 0 Å². The molecule has 4 nitrogen and oxygen atoms in total. The lowest BCUT2D eigenvalue weighted by molar-refractivity contribution is -0.125. The number of carbonyl (C=O) groups is 1. The van der Waals surface area contributed by atoms with Crippen molar-refractivity contribution in [1.82, 2.24) is 15.6 Å². The molecular formula is C18H23N3OS. The number of benzene rings is 1. The molecule has 0 saturated carbocycles. The molecule has 2 N–H and O–H groups in total. The second-order valence-electron chi connectivity index (χ2n) is 5.96. The number of amides is 1. The number of hydrogen-bond acceptors (Lipinski definition) is 4. The van der Waals surface area contributed by atoms with E-state index in [2.05, 4.69) is 29.7 Å². The van der Waals surface area contributed by atoms with Gasteiger partial charge in [0.05, 0.1) is 16.6 Å². The Hall–Kier alpha value is -1.72. The van der Waals surface area contributed by atoms with Crippen molar-refractivity contribution in [2.75, 3.05) is 19.6 Å². The second-order valence-corrected chi connectivity index (χ2v) is 7.25. The lowest BCUT2D eigenvalue weighted by atomic mass is 9.99. The van der Waals surface area contributed by atoms with Crippen molar-refractivity contribution in [2.45, 2.75) is 26.2 Å². The fraction of sp³-hybridized carbons (Fsp3) is 0.444. The van der Waals surface area contributed by atoms with E-state index in [1.54, 1.807) is 11.3 Å². The zero-order chi connectivity index (χ0) is 16.1. The van der Waals surface area contributed by atoms with E-state index in [-0.39, 0.29) is 11.8 Å². The van der Waals surface area contributed by atoms with Gasteiger partial charge in [-0.1, -0.05) is 30.3 Å². The fourth-order valence-corrected chi connectivity index (χ4v) is 3.89. The normalized spacial score (nSPS) is 17.9. The van der Waals surface area contributed by atoms with Gasteiger partial charge in [-0.3, -0.25) is 4.79 Å². The summed E-state index contributed by atoms with van der Waals surface area (Å²) in [5.74, 6) is 0.301. The summed E-state index contributed by atoms with van der Waals surface area (Å²) in [6.45, 7) is 4.61. The van der Waals surface area contributed by atoms with Crippen LogP contribution in [0.25, 0.3) is 11.3 Å². The molecule has 3 rings (SSSR count). The van der Waals surface area contributed by atoms with Gasteiger partial charge in [0.25, 0.3) is 0 Å². The van der Waals surface area contributed by atoms with Crippen molar-refractivity contribution in [2.24, 2.45) is 5.92 Å². The Balaban J connectivity index is 1.54. The summed E-state index contributed by atoms with van der Waals surface area (Å²) >= 11 is 1.72. The number of carbonyl (C=O) groups excluding carboxylic acids is 1. The average Bonchev–Trinajstić information content (AvgIpc) is 2.97. The van der Waals surface area contributed by atoms with Gasteiger partial charge in [0.15, 0.2) is 0 Å². The lowest BCUT2D eigenvalue weighted by Gasteiger charge is -2.21. The van der Waals surface area contributed by atoms with Crippen LogP contribution in [-0.4, -0.2) is 30.5 Å². The Morgan fingerprint density at radius 1 is 1.39 bits per heavy atom. The molecule has 5 heteroatoms. The van der Waals surface area contributed by atoms with Crippen LogP contribution in [0.4, 0.5) is 0 Å². The van der Waals surface area contributed by atoms with Crippen LogP contribution >= 0.6 is 11.3 Å². The summed E-state index contributed by atoms with van der Waals surface area (Å²) < 4.78 is 0. The van der Waals surface area contributed by atoms with Gasteiger partial charge >= 0.3 is 0 Å². The van der Waals surface area contributed by atoms with Gasteiger partial charge in [0, 0.05) is 30.0 Å². The van der Waals surface area contributed by atoms with Crippen molar-refractivity contribution < 1.29 is 4.79 Å². The molecule has 1 atom stereocenters. The van der Waals surface area contributed by atoms with E-state index < -0.39 is 0 Å². The minimum Gasteiger partial charge on any atom is -0.355 e. The van der Waals surface area contributed by atoms with Crippen molar-refractivity contribution in [3.63, 3.8) is 0 Å². The molecule has 0 bridgehead atoms. The van der Waals surface area contributed by atoms with Crippen LogP contribution in [0, 0.1) is 12.8 Å². The Kier molecular flexibility index (Phi) is 5.41. The molecule has 1 aromatic carbocycles. The zero-order valence-electron chi connectivity index (χ0n) is 13.5. The molecule has 0 radical (unpaired) electrons. The smallest absolute Gasteiger partial charge is 0.224 e. The van der Waals surface area contributed by atoms with Crippen molar-refractivity contribution >= 4 is 17.2 Å². The molecule has 1 fully saturated rings. The first-order chi connectivity index (χ1) is 11.2. The SMILES string of the molecule is Cc1sc(CCNC(=O)C2CCCNC2)nc1-c1ccccc1. The lowest BCUT2D eigenvalue weighted by Crippen LogP contribution is -2.41. The van der Waals surface area contributed by atoms with Gasteiger partial charge in [-0.25, -0.2) is 4.98 Å². The number of aryl methyl sites for hydroxylation is 1. The van der Waals surface area contributed by atoms with Gasteiger partial charge in [0.2, 0.25) is 5.91 Å². The highest BCUT2D eigenvalue weighted by Gasteiger charge is 2.20. The summed E-state index contributed by atoms with van der Waals surface area (Å²) in [5.41, 5.74) is 2.22. The van der Waals surface area contributed by atoms with Crippen molar-refractivity contribution in [3.05, 3.63) is 40.2 Å². The number of piperidine rings is 1. The standard InChI is InChI=1S/C18H23N3OS/c1-13-17(14-6-3-2-4-7-14)21-16(23-13)9-11-20-18(22)15-8-5-10-19-12-15/h2-4,6-7,15,19H,5,8-12H2,1H3,(H,20,22). The highest BCUT2D eigenvalue weighted by Crippen LogP contribution is 2.27. The third-order valence-corrected chi connectivity index (χ3v) is 5.22. The molecule has 1 saturated heterocycles. The maximum absolute atomic E-state index is 12.1. The quantitative estimate of drug-likeness (QED) is 0.887. The predicted molar refractivity (Wildman–Crippen MR) is 94.6 cm³/mol. The monoisotopic (exact) mass is 329 g/mol. The van der Waals surface area contributed by atoms with Gasteiger partial charge in [0.1, 0.15) is 0 Å². The van der Waals surface area contributed by atoms with E-state index in [1.165, 1.54) is 4.88 Å². The molecule has 1 aromatic heterocycles. The highest BCUT2D eigenvalue weighted by atomic mass is 32.1. The van der Waals surface area contributed by atoms with Crippen LogP contribution in [-0.2, 0) is 11.2 Å². The van der Waals surface area contributed by atoms with Crippen molar-refractivity contribution in [3.8, 4) is 11.3 Å². The Morgan fingerprint density at radius 2 is 2.22 bits per heavy atom. The van der Waals surface area contributed by atoms with Crippen LogP contribution in [0.2, 0.25) is 0 Å². The molecule has 2 aromatic rings. The van der Waals surface area contributed by atoms with Crippen LogP contribution in [0.5, 0.6) is 0 Å². The molecule has 122 valence electrons. The molecule has 1 amide bonds. The van der Waals surface area contributed by atoms with Crippen LogP contribution < -0.4 is 10.6 Å². The first-order valence-corrected chi connectivity index (χ1v) is 9.06. The van der Waals surface area contributed by atoms with Crippen LogP contribution in [0.15, 0.2) is 30.3 Å². The third-order valence-electron chi connectivity index (χ3n) is 4.19. The molecule has 1 aliphatic rings. The molecule has 2 heterocycles. The largest absolute Gasteiger partial charge is 0.355 e. The van der Waals surface area contributed by atoms with Crippen LogP contribution in [0.1, 0.15) is 22.7 Å². The molecule has 1 unspecified atom stereocenters. The summed E-state index contributed by atoms with van der Waals surface area (Å²) in [7, 11) is 0. The number of rotatable bonds is 5. The van der Waals surface area contributed by atoms with Gasteiger partial charge < -0.3 is 10.6 Å². The number of nitrogens with zero attached hydrogens (tertiary/aromatic N) is 1. The molecular weight excluding hydrogens is 306 g/mol. The Bertz CT molecular complexity index is 648. The minimum absolute atomic E-state index is 0.127. The van der Waals surface area contributed by atoms with E-state index in [1.807, 2.05) is 18.2 Å². The zero-order valence-corrected chi connectivity index (χ0v) is 14.3. The number of aromatic nitrogens is 1. The van der Waals surface area contributed by atoms with Gasteiger partial charge in [-0.2, -0.15) is 0 Å². The van der Waals surface area contributed by atoms with E-state index >= 15 is 0 Å². The van der Waals surface area contributed by atoms with E-state index in [4.69, 9.17) is 4.98 Å². The summed E-state index contributed by atoms with van der Waals surface area (Å²) in [6.07, 6.45) is 2.88. The molecule has 0 aliphatic carbocycles. The maximum atomic E-state index is 12.1. The van der Waals surface area contributed by atoms with E-state index in [0.717, 1.165) is 48.6 Å². The molecule has 0 spiro atoms. The first kappa shape index (κ1) is 16.1. The van der Waals surface area contributed by atoms with Crippen LogP contribution in [0.3, 0.4) is 0 Å². The number of nitrogens with one attached hydrogen (secondary N) is 2. The average molecular weight is 329 g/mol. The predicted octanol–water partition coefficient (Wildman–Crippen LogP) is 2.78. The topological polar surface area (TPSA) is 54.0 Å². The van der Waals surface area contributed by atoms with E-state index in [0.29, 0.717) is 6.54 Å². The van der Waals surface area contributed by atoms with Gasteiger partial charge in [-0.15, -0.1) is 11.3 Å². The summed E-state index contributed by atoms with van der Waals surface area (Å²) in [5, 5.41) is 7.43. The minimum atomic E-state index is 0.127. The summed E-state index contributed by atoms with van der Waals surface area (Å²) in [4.78, 5) is 18.1. The summed E-state index contributed by atoms with van der Waals surface area (Å²) in [6, 6.07) is 10.3. The molecule has 23 heavy (non-hydrogen) atoms. The number of thiazole rings is 1. The van der Waals surface area contributed by atoms with Gasteiger partial charge in [-0.05, 0) is 26.3 Å². The van der Waals surface area contributed by atoms with E-state index in [9.17, 15) is 4.79 Å². The fourth-order valence-electron chi connectivity index (χ4n) is 2.93. The first-order valence-electron chi connectivity index (χ1n) is 8.24.